The summed E-state index contributed by atoms with van der Waals surface area (Å²) < 4.78 is 1.53. The molecule has 2 aromatic rings. The van der Waals surface area contributed by atoms with Gasteiger partial charge >= 0.3 is 0 Å². The monoisotopic (exact) mass is 253 g/mol. The highest BCUT2D eigenvalue weighted by atomic mass is 15.4. The summed E-state index contributed by atoms with van der Waals surface area (Å²) in [5.74, 6) is 0.362. The number of anilines is 1. The molecule has 0 saturated heterocycles. The summed E-state index contributed by atoms with van der Waals surface area (Å²) in [5, 5.41) is 13.2. The summed E-state index contributed by atoms with van der Waals surface area (Å²) in [4.78, 5) is 4.08. The van der Waals surface area contributed by atoms with Crippen molar-refractivity contribution in [2.24, 2.45) is 5.10 Å². The molecule has 1 heterocycles. The maximum Gasteiger partial charge on any atom is 0.221 e. The lowest BCUT2D eigenvalue weighted by Gasteiger charge is -2.03. The highest BCUT2D eigenvalue weighted by molar-refractivity contribution is 5.82. The Labute approximate surface area is 112 Å². The summed E-state index contributed by atoms with van der Waals surface area (Å²) in [6.45, 7) is 3.91. The number of nitriles is 1. The van der Waals surface area contributed by atoms with Crippen LogP contribution in [0.5, 0.6) is 0 Å². The second kappa shape index (κ2) is 5.36. The summed E-state index contributed by atoms with van der Waals surface area (Å²) in [6.07, 6.45) is 4.34. The van der Waals surface area contributed by atoms with Crippen molar-refractivity contribution in [3.8, 4) is 6.07 Å². The van der Waals surface area contributed by atoms with Crippen molar-refractivity contribution in [1.82, 2.24) is 9.66 Å². The van der Waals surface area contributed by atoms with Gasteiger partial charge in [0.1, 0.15) is 0 Å². The zero-order valence-electron chi connectivity index (χ0n) is 11.0. The number of nitrogens with two attached hydrogens (primary N) is 1. The van der Waals surface area contributed by atoms with Gasteiger partial charge in [-0.15, -0.1) is 0 Å². The number of hydrogen-bond acceptors (Lipinski definition) is 4. The highest BCUT2D eigenvalue weighted by Crippen LogP contribution is 2.11. The first kappa shape index (κ1) is 12.8. The van der Waals surface area contributed by atoms with Crippen molar-refractivity contribution in [2.45, 2.75) is 20.3 Å². The van der Waals surface area contributed by atoms with E-state index < -0.39 is 0 Å². The summed E-state index contributed by atoms with van der Waals surface area (Å²) in [5.41, 5.74) is 9.26. The molecule has 2 rings (SSSR count). The molecule has 0 radical (unpaired) electrons. The standard InChI is InChI=1S/C14H15N5/c1-3-12-6-11(7-15)4-5-13(12)8-17-19-9-10(2)18-14(19)16/h4-6,8-9H,3H2,1-2H3,(H2,16,18). The van der Waals surface area contributed by atoms with E-state index in [0.29, 0.717) is 11.5 Å². The normalized spacial score (nSPS) is 10.8. The fourth-order valence-electron chi connectivity index (χ4n) is 1.83. The summed E-state index contributed by atoms with van der Waals surface area (Å²) in [7, 11) is 0. The predicted octanol–water partition coefficient (Wildman–Crippen LogP) is 2.09. The van der Waals surface area contributed by atoms with Crippen LogP contribution in [0, 0.1) is 18.3 Å². The molecule has 5 nitrogen and oxygen atoms in total. The quantitative estimate of drug-likeness (QED) is 0.850. The maximum atomic E-state index is 8.88. The average molecular weight is 253 g/mol. The third-order valence-corrected chi connectivity index (χ3v) is 2.81. The van der Waals surface area contributed by atoms with E-state index in [9.17, 15) is 0 Å². The van der Waals surface area contributed by atoms with Crippen LogP contribution in [0.15, 0.2) is 29.5 Å². The second-order valence-electron chi connectivity index (χ2n) is 4.21. The Bertz CT molecular complexity index is 661. The Kier molecular flexibility index (Phi) is 3.62. The van der Waals surface area contributed by atoms with Gasteiger partial charge < -0.3 is 5.73 Å². The van der Waals surface area contributed by atoms with Gasteiger partial charge in [-0.05, 0) is 36.6 Å². The van der Waals surface area contributed by atoms with Crippen LogP contribution in [-0.4, -0.2) is 15.9 Å². The summed E-state index contributed by atoms with van der Waals surface area (Å²) >= 11 is 0. The smallest absolute Gasteiger partial charge is 0.221 e. The molecule has 2 N–H and O–H groups in total. The first-order chi connectivity index (χ1) is 9.13. The highest BCUT2D eigenvalue weighted by Gasteiger charge is 2.02. The van der Waals surface area contributed by atoms with Crippen LogP contribution in [0.25, 0.3) is 0 Å². The number of nitrogens with zero attached hydrogens (tertiary/aromatic N) is 4. The molecule has 0 saturated carbocycles. The third-order valence-electron chi connectivity index (χ3n) is 2.81. The van der Waals surface area contributed by atoms with Gasteiger partial charge in [0.15, 0.2) is 0 Å². The SMILES string of the molecule is CCc1cc(C#N)ccc1C=Nn1cc(C)nc1N. The van der Waals surface area contributed by atoms with E-state index in [0.717, 1.165) is 23.2 Å². The van der Waals surface area contributed by atoms with Gasteiger partial charge in [0.05, 0.1) is 29.7 Å². The van der Waals surface area contributed by atoms with Crippen molar-refractivity contribution >= 4 is 12.2 Å². The van der Waals surface area contributed by atoms with E-state index in [-0.39, 0.29) is 0 Å². The number of hydrogen-bond donors (Lipinski definition) is 1. The molecule has 0 unspecified atom stereocenters. The Morgan fingerprint density at radius 1 is 1.53 bits per heavy atom. The zero-order valence-corrected chi connectivity index (χ0v) is 11.0. The van der Waals surface area contributed by atoms with Crippen molar-refractivity contribution in [3.05, 3.63) is 46.8 Å². The van der Waals surface area contributed by atoms with Crippen LogP contribution >= 0.6 is 0 Å². The van der Waals surface area contributed by atoms with Gasteiger partial charge in [0.25, 0.3) is 0 Å². The molecule has 0 aliphatic heterocycles. The topological polar surface area (TPSA) is 80.0 Å². The van der Waals surface area contributed by atoms with Crippen molar-refractivity contribution in [2.75, 3.05) is 5.73 Å². The van der Waals surface area contributed by atoms with Gasteiger partial charge in [-0.3, -0.25) is 0 Å². The molecule has 0 aliphatic rings. The lowest BCUT2D eigenvalue weighted by atomic mass is 10.0. The van der Waals surface area contributed by atoms with Gasteiger partial charge in [0.2, 0.25) is 5.95 Å². The molecule has 1 aromatic carbocycles. The molecule has 96 valence electrons. The lowest BCUT2D eigenvalue weighted by Crippen LogP contribution is -1.98. The van der Waals surface area contributed by atoms with Gasteiger partial charge in [-0.1, -0.05) is 13.0 Å². The first-order valence-electron chi connectivity index (χ1n) is 6.03. The fourth-order valence-corrected chi connectivity index (χ4v) is 1.83. The number of rotatable bonds is 3. The fraction of sp³-hybridized carbons (Fsp3) is 0.214. The summed E-state index contributed by atoms with van der Waals surface area (Å²) in [6, 6.07) is 7.68. The largest absolute Gasteiger partial charge is 0.368 e. The lowest BCUT2D eigenvalue weighted by molar-refractivity contribution is 0.896. The minimum atomic E-state index is 0.362. The van der Waals surface area contributed by atoms with Gasteiger partial charge in [-0.25, -0.2) is 9.66 Å². The molecule has 0 atom stereocenters. The maximum absolute atomic E-state index is 8.88. The van der Waals surface area contributed by atoms with Crippen LogP contribution in [-0.2, 0) is 6.42 Å². The van der Waals surface area contributed by atoms with E-state index >= 15 is 0 Å². The van der Waals surface area contributed by atoms with Crippen molar-refractivity contribution in [1.29, 1.82) is 5.26 Å². The molecule has 0 spiro atoms. The average Bonchev–Trinajstić information content (AvgIpc) is 2.74. The molecular weight excluding hydrogens is 238 g/mol. The Morgan fingerprint density at radius 3 is 2.89 bits per heavy atom. The molecule has 0 bridgehead atoms. The molecule has 0 amide bonds. The minimum Gasteiger partial charge on any atom is -0.368 e. The number of aryl methyl sites for hydroxylation is 2. The molecule has 19 heavy (non-hydrogen) atoms. The van der Waals surface area contributed by atoms with Crippen LogP contribution in [0.4, 0.5) is 5.95 Å². The minimum absolute atomic E-state index is 0.362. The first-order valence-corrected chi connectivity index (χ1v) is 6.03. The van der Waals surface area contributed by atoms with E-state index in [1.165, 1.54) is 4.68 Å². The molecule has 0 fully saturated rings. The molecule has 5 heteroatoms. The van der Waals surface area contributed by atoms with Crippen molar-refractivity contribution < 1.29 is 0 Å². The second-order valence-corrected chi connectivity index (χ2v) is 4.21. The van der Waals surface area contributed by atoms with Crippen LogP contribution in [0.2, 0.25) is 0 Å². The Balaban J connectivity index is 2.33. The number of aromatic nitrogens is 2. The van der Waals surface area contributed by atoms with Crippen LogP contribution in [0.1, 0.15) is 29.3 Å². The Morgan fingerprint density at radius 2 is 2.32 bits per heavy atom. The van der Waals surface area contributed by atoms with E-state index in [4.69, 9.17) is 11.0 Å². The van der Waals surface area contributed by atoms with Gasteiger partial charge in [-0.2, -0.15) is 10.4 Å². The van der Waals surface area contributed by atoms with Crippen LogP contribution in [0.3, 0.4) is 0 Å². The zero-order chi connectivity index (χ0) is 13.8. The van der Waals surface area contributed by atoms with E-state index in [1.807, 2.05) is 26.0 Å². The van der Waals surface area contributed by atoms with Crippen LogP contribution < -0.4 is 5.73 Å². The molecule has 1 aromatic heterocycles. The molecular formula is C14H15N5. The van der Waals surface area contributed by atoms with E-state index in [2.05, 4.69) is 16.2 Å². The van der Waals surface area contributed by atoms with Gasteiger partial charge in [0, 0.05) is 0 Å². The van der Waals surface area contributed by atoms with Crippen molar-refractivity contribution in [3.63, 3.8) is 0 Å². The predicted molar refractivity (Wildman–Crippen MR) is 74.9 cm³/mol. The number of benzene rings is 1. The van der Waals surface area contributed by atoms with E-state index in [1.54, 1.807) is 18.5 Å². The molecule has 0 aliphatic carbocycles. The Hall–Kier alpha value is -2.61. The third kappa shape index (κ3) is 2.80. The number of nitrogen functional groups attached to an aromatic ring is 1. The number of imidazole rings is 1.